The number of nitrogens with zero attached hydrogens (tertiary/aromatic N) is 3. The second-order valence-corrected chi connectivity index (χ2v) is 6.09. The number of carbonyl (C=O) groups excluding carboxylic acids is 1. The van der Waals surface area contributed by atoms with Gasteiger partial charge in [-0.1, -0.05) is 0 Å². The molecule has 1 N–H and O–H groups in total. The lowest BCUT2D eigenvalue weighted by molar-refractivity contribution is 0.0117. The van der Waals surface area contributed by atoms with Crippen LogP contribution in [0.5, 0.6) is 0 Å². The molecule has 1 aliphatic rings. The predicted octanol–water partition coefficient (Wildman–Crippen LogP) is 1.43. The summed E-state index contributed by atoms with van der Waals surface area (Å²) >= 11 is 0. The number of hydrogen-bond donors (Lipinski definition) is 1. The number of amides is 1. The maximum absolute atomic E-state index is 12.5. The standard InChI is InChI=1S/C17H24N4O3/c1-12-4-5-16(24-12)15(21-6-8-23-9-7-21)11-18-17(22)14-10-19-20(3)13(14)2/h4-5,10,15H,6-9,11H2,1-3H3,(H,18,22)/t15-/m0/s1. The summed E-state index contributed by atoms with van der Waals surface area (Å²) < 4.78 is 12.9. The van der Waals surface area contributed by atoms with Gasteiger partial charge in [0.25, 0.3) is 5.91 Å². The summed E-state index contributed by atoms with van der Waals surface area (Å²) in [6.45, 7) is 7.35. The molecule has 130 valence electrons. The molecule has 2 aromatic heterocycles. The van der Waals surface area contributed by atoms with Gasteiger partial charge in [0.1, 0.15) is 11.5 Å². The molecule has 3 rings (SSSR count). The third kappa shape index (κ3) is 3.52. The van der Waals surface area contributed by atoms with Gasteiger partial charge in [0, 0.05) is 32.4 Å². The highest BCUT2D eigenvalue weighted by Gasteiger charge is 2.26. The molecule has 0 spiro atoms. The first-order valence-corrected chi connectivity index (χ1v) is 8.21. The minimum atomic E-state index is -0.109. The van der Waals surface area contributed by atoms with Crippen LogP contribution in [0.3, 0.4) is 0 Å². The van der Waals surface area contributed by atoms with Crippen molar-refractivity contribution >= 4 is 5.91 Å². The van der Waals surface area contributed by atoms with Crippen molar-refractivity contribution in [1.82, 2.24) is 20.0 Å². The fourth-order valence-corrected chi connectivity index (χ4v) is 2.94. The highest BCUT2D eigenvalue weighted by molar-refractivity contribution is 5.95. The Bertz CT molecular complexity index is 701. The zero-order chi connectivity index (χ0) is 17.1. The molecule has 1 amide bonds. The van der Waals surface area contributed by atoms with E-state index in [9.17, 15) is 4.79 Å². The van der Waals surface area contributed by atoms with Crippen molar-refractivity contribution < 1.29 is 13.9 Å². The van der Waals surface area contributed by atoms with Crippen LogP contribution in [0, 0.1) is 13.8 Å². The summed E-state index contributed by atoms with van der Waals surface area (Å²) in [5.41, 5.74) is 1.46. The van der Waals surface area contributed by atoms with Gasteiger partial charge in [-0.05, 0) is 26.0 Å². The molecule has 3 heterocycles. The molecule has 1 aliphatic heterocycles. The van der Waals surface area contributed by atoms with E-state index < -0.39 is 0 Å². The van der Waals surface area contributed by atoms with Gasteiger partial charge >= 0.3 is 0 Å². The van der Waals surface area contributed by atoms with E-state index in [1.54, 1.807) is 10.9 Å². The maximum atomic E-state index is 12.5. The van der Waals surface area contributed by atoms with Crippen molar-refractivity contribution in [2.24, 2.45) is 7.05 Å². The van der Waals surface area contributed by atoms with Crippen LogP contribution >= 0.6 is 0 Å². The third-order valence-electron chi connectivity index (χ3n) is 4.51. The van der Waals surface area contributed by atoms with Crippen LogP contribution in [0.1, 0.15) is 33.6 Å². The number of morpholine rings is 1. The lowest BCUT2D eigenvalue weighted by Gasteiger charge is -2.33. The van der Waals surface area contributed by atoms with Gasteiger partial charge in [-0.15, -0.1) is 0 Å². The Morgan fingerprint density at radius 2 is 2.08 bits per heavy atom. The summed E-state index contributed by atoms with van der Waals surface area (Å²) in [4.78, 5) is 14.8. The normalized spacial score (nSPS) is 17.0. The van der Waals surface area contributed by atoms with Crippen LogP contribution in [0.25, 0.3) is 0 Å². The zero-order valence-electron chi connectivity index (χ0n) is 14.4. The van der Waals surface area contributed by atoms with Crippen LogP contribution in [0.4, 0.5) is 0 Å². The van der Waals surface area contributed by atoms with Gasteiger partial charge in [0.05, 0.1) is 31.0 Å². The molecule has 2 aromatic rings. The molecule has 7 nitrogen and oxygen atoms in total. The van der Waals surface area contributed by atoms with E-state index in [1.807, 2.05) is 33.0 Å². The predicted molar refractivity (Wildman–Crippen MR) is 88.9 cm³/mol. The molecule has 1 atom stereocenters. The van der Waals surface area contributed by atoms with Gasteiger partial charge in [0.2, 0.25) is 0 Å². The molecule has 0 aliphatic carbocycles. The Morgan fingerprint density at radius 3 is 2.67 bits per heavy atom. The Hall–Kier alpha value is -2.12. The zero-order valence-corrected chi connectivity index (χ0v) is 14.4. The van der Waals surface area contributed by atoms with Crippen molar-refractivity contribution in [3.8, 4) is 0 Å². The van der Waals surface area contributed by atoms with Gasteiger partial charge in [-0.2, -0.15) is 5.10 Å². The first-order chi connectivity index (χ1) is 11.6. The minimum Gasteiger partial charge on any atom is -0.465 e. The Morgan fingerprint density at radius 1 is 1.33 bits per heavy atom. The van der Waals surface area contributed by atoms with E-state index in [0.717, 1.165) is 30.3 Å². The second-order valence-electron chi connectivity index (χ2n) is 6.09. The third-order valence-corrected chi connectivity index (χ3v) is 4.51. The molecule has 0 radical (unpaired) electrons. The van der Waals surface area contributed by atoms with Crippen LogP contribution in [-0.4, -0.2) is 53.4 Å². The van der Waals surface area contributed by atoms with Crippen LogP contribution in [-0.2, 0) is 11.8 Å². The topological polar surface area (TPSA) is 72.5 Å². The molecule has 24 heavy (non-hydrogen) atoms. The number of aromatic nitrogens is 2. The molecule has 0 bridgehead atoms. The SMILES string of the molecule is Cc1ccc([C@H](CNC(=O)c2cnn(C)c2C)N2CCOCC2)o1. The summed E-state index contributed by atoms with van der Waals surface area (Å²) in [6, 6.07) is 3.94. The fraction of sp³-hybridized carbons (Fsp3) is 0.529. The molecule has 0 saturated carbocycles. The number of furan rings is 1. The molecule has 1 saturated heterocycles. The largest absolute Gasteiger partial charge is 0.465 e. The Labute approximate surface area is 141 Å². The Kier molecular flexibility index (Phi) is 5.01. The van der Waals surface area contributed by atoms with Crippen molar-refractivity contribution in [2.45, 2.75) is 19.9 Å². The average molecular weight is 332 g/mol. The van der Waals surface area contributed by atoms with Crippen molar-refractivity contribution in [1.29, 1.82) is 0 Å². The molecule has 7 heteroatoms. The number of carbonyl (C=O) groups is 1. The Balaban J connectivity index is 1.71. The number of rotatable bonds is 5. The smallest absolute Gasteiger partial charge is 0.254 e. The molecule has 0 aromatic carbocycles. The van der Waals surface area contributed by atoms with Gasteiger partial charge in [0.15, 0.2) is 0 Å². The number of ether oxygens (including phenoxy) is 1. The molecule has 0 unspecified atom stereocenters. The van der Waals surface area contributed by atoms with Crippen molar-refractivity contribution in [2.75, 3.05) is 32.8 Å². The number of nitrogens with one attached hydrogen (secondary N) is 1. The fourth-order valence-electron chi connectivity index (χ4n) is 2.94. The average Bonchev–Trinajstić information content (AvgIpc) is 3.15. The van der Waals surface area contributed by atoms with E-state index in [2.05, 4.69) is 15.3 Å². The first kappa shape index (κ1) is 16.7. The summed E-state index contributed by atoms with van der Waals surface area (Å²) in [6.07, 6.45) is 1.60. The summed E-state index contributed by atoms with van der Waals surface area (Å²) in [7, 11) is 1.83. The summed E-state index contributed by atoms with van der Waals surface area (Å²) in [5, 5.41) is 7.15. The summed E-state index contributed by atoms with van der Waals surface area (Å²) in [5.74, 6) is 1.64. The molecule has 1 fully saturated rings. The van der Waals surface area contributed by atoms with Gasteiger partial charge in [-0.3, -0.25) is 14.4 Å². The van der Waals surface area contributed by atoms with E-state index in [1.165, 1.54) is 0 Å². The van der Waals surface area contributed by atoms with E-state index >= 15 is 0 Å². The first-order valence-electron chi connectivity index (χ1n) is 8.21. The number of aryl methyl sites for hydroxylation is 2. The maximum Gasteiger partial charge on any atom is 0.254 e. The highest BCUT2D eigenvalue weighted by atomic mass is 16.5. The van der Waals surface area contributed by atoms with Crippen LogP contribution < -0.4 is 5.32 Å². The van der Waals surface area contributed by atoms with Crippen LogP contribution in [0.2, 0.25) is 0 Å². The highest BCUT2D eigenvalue weighted by Crippen LogP contribution is 2.23. The second kappa shape index (κ2) is 7.19. The van der Waals surface area contributed by atoms with Gasteiger partial charge in [-0.25, -0.2) is 0 Å². The quantitative estimate of drug-likeness (QED) is 0.897. The molecular formula is C17H24N4O3. The van der Waals surface area contributed by atoms with Gasteiger partial charge < -0.3 is 14.5 Å². The van der Waals surface area contributed by atoms with Crippen molar-refractivity contribution in [3.05, 3.63) is 41.1 Å². The molecular weight excluding hydrogens is 308 g/mol. The lowest BCUT2D eigenvalue weighted by atomic mass is 10.1. The van der Waals surface area contributed by atoms with E-state index in [0.29, 0.717) is 25.3 Å². The van der Waals surface area contributed by atoms with E-state index in [-0.39, 0.29) is 11.9 Å². The van der Waals surface area contributed by atoms with Crippen LogP contribution in [0.15, 0.2) is 22.7 Å². The lowest BCUT2D eigenvalue weighted by Crippen LogP contribution is -2.43. The van der Waals surface area contributed by atoms with E-state index in [4.69, 9.17) is 9.15 Å². The minimum absolute atomic E-state index is 0.00327. The number of hydrogen-bond acceptors (Lipinski definition) is 5. The monoisotopic (exact) mass is 332 g/mol. The van der Waals surface area contributed by atoms with Crippen molar-refractivity contribution in [3.63, 3.8) is 0 Å².